The molecule has 1 aromatic heterocycles. The topological polar surface area (TPSA) is 306 Å². The molecule has 1 aromatic rings. The number of rotatable bonds is 45. The van der Waals surface area contributed by atoms with Gasteiger partial charge < -0.3 is 50.2 Å². The van der Waals surface area contributed by atoms with Gasteiger partial charge in [-0.25, -0.2) is 13.9 Å². The number of anilines is 1. The van der Waals surface area contributed by atoms with Gasteiger partial charge in [-0.2, -0.15) is 9.29 Å². The van der Waals surface area contributed by atoms with Gasteiger partial charge in [0.25, 0.3) is 0 Å². The van der Waals surface area contributed by atoms with Crippen molar-refractivity contribution in [2.24, 2.45) is 0 Å². The van der Waals surface area contributed by atoms with E-state index in [1.165, 1.54) is 51.0 Å². The third-order valence-electron chi connectivity index (χ3n) is 12.2. The smallest absolute Gasteiger partial charge is 0.462 e. The van der Waals surface area contributed by atoms with Gasteiger partial charge in [-0.3, -0.25) is 23.2 Å². The summed E-state index contributed by atoms with van der Waals surface area (Å²) in [4.78, 5) is 62.1. The SMILES string of the molecule is CCCCC/C=C\C/C=C\C/C=C\CC(O)C(O)CCCC(=O)O[C@H](COC(=O)CCCCCCCC/C=C\C/C=C\C/C=C\CCCCCC)COP(=O)(O)OP(=O)(O)OC[C@H]1O[C@@H](n2ccc(N)nc2=O)[C@H](O)[C@@H]1O. The maximum absolute atomic E-state index is 12.9. The molecule has 438 valence electrons. The van der Waals surface area contributed by atoms with E-state index in [1.54, 1.807) is 6.08 Å². The van der Waals surface area contributed by atoms with E-state index in [9.17, 15) is 53.7 Å². The summed E-state index contributed by atoms with van der Waals surface area (Å²) in [5, 5.41) is 41.9. The molecule has 0 saturated carbocycles. The fourth-order valence-electron chi connectivity index (χ4n) is 7.78. The van der Waals surface area contributed by atoms with Gasteiger partial charge >= 0.3 is 33.3 Å². The molecule has 0 aliphatic carbocycles. The van der Waals surface area contributed by atoms with Crippen LogP contribution in [0.15, 0.2) is 90.0 Å². The maximum Gasteiger partial charge on any atom is 0.481 e. The number of hydrogen-bond acceptors (Lipinski definition) is 17. The van der Waals surface area contributed by atoms with Crippen molar-refractivity contribution < 1.29 is 76.5 Å². The summed E-state index contributed by atoms with van der Waals surface area (Å²) in [5.74, 6) is -1.62. The standard InChI is InChI=1S/C55H91N3O17P2/c1-3-5-7-9-11-13-15-17-18-19-20-21-22-23-24-26-28-30-32-34-38-50(61)70-42-45(73-51(62)39-35-37-47(60)46(59)36-33-31-29-27-25-16-14-12-10-8-6-4-2)43-71-76(66,67)75-77(68,69)72-44-48-52(63)53(64)54(74-48)58-41-40-49(56)57-55(58)65/h12-15,18-19,21-22,25,27,31,33,40-41,45-48,52-54,59-60,63-64H,3-11,16-17,20,23-24,26,28-30,32,34-39,42-44H2,1-2H3,(H,66,67)(H,68,69)(H2,56,57,65)/b14-12-,15-13-,19-18-,22-21-,27-25-,33-31-/t45-,46?,47?,48-,52-,53-,54-/m1/s1. The zero-order chi connectivity index (χ0) is 56.6. The molecular formula is C55H91N3O17P2. The molecule has 4 unspecified atom stereocenters. The molecule has 1 fully saturated rings. The lowest BCUT2D eigenvalue weighted by Crippen LogP contribution is -2.36. The predicted molar refractivity (Wildman–Crippen MR) is 296 cm³/mol. The van der Waals surface area contributed by atoms with Crippen LogP contribution >= 0.6 is 15.6 Å². The Morgan fingerprint density at radius 2 is 1.18 bits per heavy atom. The largest absolute Gasteiger partial charge is 0.481 e. The van der Waals surface area contributed by atoms with E-state index in [0.29, 0.717) is 12.8 Å². The zero-order valence-corrected chi connectivity index (χ0v) is 47.3. The Morgan fingerprint density at radius 3 is 1.78 bits per heavy atom. The Bertz CT molecular complexity index is 2110. The molecule has 2 rings (SSSR count). The molecule has 20 nitrogen and oxygen atoms in total. The average molecular weight is 1130 g/mol. The van der Waals surface area contributed by atoms with Gasteiger partial charge in [0.05, 0.1) is 25.4 Å². The van der Waals surface area contributed by atoms with Crippen LogP contribution in [-0.4, -0.2) is 108 Å². The number of aromatic nitrogens is 2. The highest BCUT2D eigenvalue weighted by atomic mass is 31.3. The summed E-state index contributed by atoms with van der Waals surface area (Å²) in [5.41, 5.74) is 4.57. The third kappa shape index (κ3) is 34.0. The number of phosphoric ester groups is 2. The Morgan fingerprint density at radius 1 is 0.675 bits per heavy atom. The average Bonchev–Trinajstić information content (AvgIpc) is 3.66. The normalized spacial score (nSPS) is 20.0. The van der Waals surface area contributed by atoms with Crippen molar-refractivity contribution in [3.8, 4) is 0 Å². The monoisotopic (exact) mass is 1130 g/mol. The van der Waals surface area contributed by atoms with Crippen molar-refractivity contribution >= 4 is 33.4 Å². The molecule has 1 aliphatic heterocycles. The lowest BCUT2D eigenvalue weighted by molar-refractivity contribution is -0.161. The van der Waals surface area contributed by atoms with Crippen LogP contribution in [0.1, 0.15) is 181 Å². The molecule has 0 amide bonds. The Labute approximate surface area is 456 Å². The minimum atomic E-state index is -5.51. The van der Waals surface area contributed by atoms with E-state index in [-0.39, 0.29) is 37.9 Å². The highest BCUT2D eigenvalue weighted by Crippen LogP contribution is 2.60. The summed E-state index contributed by atoms with van der Waals surface area (Å²) >= 11 is 0. The minimum Gasteiger partial charge on any atom is -0.462 e. The van der Waals surface area contributed by atoms with Crippen LogP contribution in [0, 0.1) is 0 Å². The van der Waals surface area contributed by atoms with Crippen molar-refractivity contribution in [3.63, 3.8) is 0 Å². The quantitative estimate of drug-likeness (QED) is 0.0138. The first-order chi connectivity index (χ1) is 37.0. The second kappa shape index (κ2) is 42.1. The van der Waals surface area contributed by atoms with Crippen LogP contribution in [0.3, 0.4) is 0 Å². The summed E-state index contributed by atoms with van der Waals surface area (Å²) in [6, 6.07) is 1.23. The number of nitrogen functional groups attached to an aromatic ring is 1. The number of unbranched alkanes of at least 4 members (excludes halogenated alkanes) is 13. The first kappa shape index (κ1) is 69.2. The van der Waals surface area contributed by atoms with Crippen molar-refractivity contribution in [1.29, 1.82) is 0 Å². The second-order valence-electron chi connectivity index (χ2n) is 19.0. The van der Waals surface area contributed by atoms with E-state index >= 15 is 0 Å². The number of phosphoric acid groups is 2. The fraction of sp³-hybridized carbons (Fsp3) is 0.673. The molecule has 0 aromatic carbocycles. The number of aliphatic hydroxyl groups is 4. The predicted octanol–water partition coefficient (Wildman–Crippen LogP) is 10.0. The highest BCUT2D eigenvalue weighted by molar-refractivity contribution is 7.61. The summed E-state index contributed by atoms with van der Waals surface area (Å²) in [6.45, 7) is 1.83. The number of esters is 2. The van der Waals surface area contributed by atoms with Gasteiger partial charge in [0, 0.05) is 19.0 Å². The van der Waals surface area contributed by atoms with E-state index < -0.39 is 95.9 Å². The molecule has 77 heavy (non-hydrogen) atoms. The van der Waals surface area contributed by atoms with Crippen LogP contribution in [0.25, 0.3) is 0 Å². The fourth-order valence-corrected chi connectivity index (χ4v) is 9.89. The van der Waals surface area contributed by atoms with Crippen molar-refractivity contribution in [1.82, 2.24) is 9.55 Å². The van der Waals surface area contributed by atoms with Gasteiger partial charge in [-0.1, -0.05) is 145 Å². The first-order valence-electron chi connectivity index (χ1n) is 27.6. The summed E-state index contributed by atoms with van der Waals surface area (Å²) in [7, 11) is -11.0. The van der Waals surface area contributed by atoms with E-state index in [2.05, 4.69) is 77.8 Å². The van der Waals surface area contributed by atoms with Crippen LogP contribution in [-0.2, 0) is 46.3 Å². The second-order valence-corrected chi connectivity index (χ2v) is 22.1. The molecule has 22 heteroatoms. The molecule has 0 bridgehead atoms. The van der Waals surface area contributed by atoms with Gasteiger partial charge in [0.2, 0.25) is 0 Å². The molecule has 9 atom stereocenters. The lowest BCUT2D eigenvalue weighted by atomic mass is 10.0. The molecule has 8 N–H and O–H groups in total. The maximum atomic E-state index is 12.9. The number of allylic oxidation sites excluding steroid dienone is 11. The summed E-state index contributed by atoms with van der Waals surface area (Å²) in [6.07, 6.45) is 36.9. The molecule has 1 aliphatic rings. The van der Waals surface area contributed by atoms with Gasteiger partial charge in [0.1, 0.15) is 30.7 Å². The van der Waals surface area contributed by atoms with Crippen LogP contribution in [0.4, 0.5) is 5.82 Å². The van der Waals surface area contributed by atoms with Crippen LogP contribution in [0.2, 0.25) is 0 Å². The molecule has 0 spiro atoms. The van der Waals surface area contributed by atoms with Crippen LogP contribution in [0.5, 0.6) is 0 Å². The number of hydrogen-bond donors (Lipinski definition) is 7. The van der Waals surface area contributed by atoms with E-state index in [4.69, 9.17) is 29.0 Å². The molecule has 1 saturated heterocycles. The van der Waals surface area contributed by atoms with Gasteiger partial charge in [-0.05, 0) is 96.0 Å². The first-order valence-corrected chi connectivity index (χ1v) is 30.6. The molecule has 0 radical (unpaired) electrons. The Kier molecular flexibility index (Phi) is 37.8. The molecular weight excluding hydrogens is 1040 g/mol. The van der Waals surface area contributed by atoms with Crippen molar-refractivity contribution in [2.45, 2.75) is 217 Å². The lowest BCUT2D eigenvalue weighted by Gasteiger charge is -2.22. The van der Waals surface area contributed by atoms with Crippen molar-refractivity contribution in [2.75, 3.05) is 25.6 Å². The zero-order valence-electron chi connectivity index (χ0n) is 45.5. The van der Waals surface area contributed by atoms with Crippen LogP contribution < -0.4 is 11.4 Å². The Hall–Kier alpha value is -3.88. The third-order valence-corrected chi connectivity index (χ3v) is 14.8. The van der Waals surface area contributed by atoms with Gasteiger partial charge in [-0.15, -0.1) is 0 Å². The number of aliphatic hydroxyl groups excluding tert-OH is 4. The Balaban J connectivity index is 1.84. The summed E-state index contributed by atoms with van der Waals surface area (Å²) < 4.78 is 56.7. The number of ether oxygens (including phenoxy) is 3. The number of carbonyl (C=O) groups is 2. The molecule has 2 heterocycles. The highest BCUT2D eigenvalue weighted by Gasteiger charge is 2.46. The number of nitrogens with zero attached hydrogens (tertiary/aromatic N) is 2. The van der Waals surface area contributed by atoms with Crippen molar-refractivity contribution in [3.05, 3.63) is 95.7 Å². The minimum absolute atomic E-state index is 0.0303. The van der Waals surface area contributed by atoms with E-state index in [0.717, 1.165) is 81.4 Å². The number of carbonyl (C=O) groups excluding carboxylic acids is 2. The van der Waals surface area contributed by atoms with E-state index in [1.807, 2.05) is 12.2 Å². The number of nitrogens with two attached hydrogens (primary N) is 1. The van der Waals surface area contributed by atoms with Gasteiger partial charge in [0.15, 0.2) is 12.3 Å².